The fourth-order valence-corrected chi connectivity index (χ4v) is 1.58. The summed E-state index contributed by atoms with van der Waals surface area (Å²) in [5.74, 6) is -0.580. The van der Waals surface area contributed by atoms with Crippen LogP contribution in [0.25, 0.3) is 0 Å². The average Bonchev–Trinajstić information content (AvgIpc) is 2.66. The predicted octanol–water partition coefficient (Wildman–Crippen LogP) is 1.76. The molecule has 0 aromatic carbocycles. The van der Waals surface area contributed by atoms with Crippen molar-refractivity contribution in [2.45, 2.75) is 38.6 Å². The Bertz CT molecular complexity index is 257. The Balaban J connectivity index is 2.36. The molecule has 0 spiro atoms. The maximum absolute atomic E-state index is 11.6. The molecule has 1 atom stereocenters. The Labute approximate surface area is 84.8 Å². The number of hydrogen-bond donors (Lipinski definition) is 1. The largest absolute Gasteiger partial charge is 0.352 e. The van der Waals surface area contributed by atoms with E-state index in [1.54, 1.807) is 0 Å². The van der Waals surface area contributed by atoms with Crippen molar-refractivity contribution in [2.75, 3.05) is 0 Å². The molecule has 0 heterocycles. The van der Waals surface area contributed by atoms with Crippen LogP contribution in [0.1, 0.15) is 32.6 Å². The van der Waals surface area contributed by atoms with E-state index >= 15 is 0 Å². The van der Waals surface area contributed by atoms with Gasteiger partial charge in [-0.15, -0.1) is 0 Å². The number of nitrogens with one attached hydrogen (secondary N) is 1. The highest BCUT2D eigenvalue weighted by atomic mass is 16.1. The molecule has 0 saturated heterocycles. The lowest BCUT2D eigenvalue weighted by atomic mass is 10.0. The summed E-state index contributed by atoms with van der Waals surface area (Å²) in [5.41, 5.74) is 0. The van der Waals surface area contributed by atoms with Crippen LogP contribution >= 0.6 is 0 Å². The van der Waals surface area contributed by atoms with Crippen LogP contribution in [0, 0.1) is 17.2 Å². The lowest BCUT2D eigenvalue weighted by Gasteiger charge is -2.14. The van der Waals surface area contributed by atoms with Crippen LogP contribution in [0.15, 0.2) is 12.2 Å². The summed E-state index contributed by atoms with van der Waals surface area (Å²) in [6.07, 6.45) is 7.45. The summed E-state index contributed by atoms with van der Waals surface area (Å²) in [5, 5.41) is 11.7. The van der Waals surface area contributed by atoms with Crippen molar-refractivity contribution in [1.82, 2.24) is 5.32 Å². The minimum Gasteiger partial charge on any atom is -0.352 e. The van der Waals surface area contributed by atoms with Crippen molar-refractivity contribution in [3.05, 3.63) is 12.2 Å². The van der Waals surface area contributed by atoms with Gasteiger partial charge in [-0.25, -0.2) is 0 Å². The molecule has 0 radical (unpaired) electrons. The van der Waals surface area contributed by atoms with Gasteiger partial charge < -0.3 is 5.32 Å². The fraction of sp³-hybridized carbons (Fsp3) is 0.636. The first kappa shape index (κ1) is 10.8. The quantitative estimate of drug-likeness (QED) is 0.690. The molecule has 76 valence electrons. The van der Waals surface area contributed by atoms with Gasteiger partial charge in [0, 0.05) is 6.04 Å². The number of amides is 1. The monoisotopic (exact) mass is 192 g/mol. The molecule has 0 aromatic rings. The maximum Gasteiger partial charge on any atom is 0.237 e. The summed E-state index contributed by atoms with van der Waals surface area (Å²) in [6.45, 7) is 1.98. The zero-order chi connectivity index (χ0) is 10.4. The topological polar surface area (TPSA) is 52.9 Å². The average molecular weight is 192 g/mol. The first-order chi connectivity index (χ1) is 6.77. The summed E-state index contributed by atoms with van der Waals surface area (Å²) in [4.78, 5) is 11.6. The minimum atomic E-state index is -0.472. The van der Waals surface area contributed by atoms with Crippen molar-refractivity contribution in [3.8, 4) is 6.07 Å². The molecule has 14 heavy (non-hydrogen) atoms. The highest BCUT2D eigenvalue weighted by Gasteiger charge is 2.20. The molecule has 1 rings (SSSR count). The number of carbonyl (C=O) groups excluding carboxylic acids is 1. The van der Waals surface area contributed by atoms with Crippen molar-refractivity contribution in [3.63, 3.8) is 0 Å². The van der Waals surface area contributed by atoms with E-state index in [-0.39, 0.29) is 11.9 Å². The van der Waals surface area contributed by atoms with Crippen molar-refractivity contribution in [2.24, 2.45) is 5.92 Å². The molecular formula is C11H16N2O. The number of nitriles is 1. The van der Waals surface area contributed by atoms with Gasteiger partial charge in [0.05, 0.1) is 6.07 Å². The smallest absolute Gasteiger partial charge is 0.237 e. The van der Waals surface area contributed by atoms with E-state index in [0.717, 1.165) is 19.3 Å². The Kier molecular flexibility index (Phi) is 4.18. The Morgan fingerprint density at radius 2 is 2.29 bits per heavy atom. The third-order valence-corrected chi connectivity index (χ3v) is 2.40. The summed E-state index contributed by atoms with van der Waals surface area (Å²) < 4.78 is 0. The number of nitrogens with zero attached hydrogens (tertiary/aromatic N) is 1. The van der Waals surface area contributed by atoms with Gasteiger partial charge in [0.2, 0.25) is 5.91 Å². The van der Waals surface area contributed by atoms with Crippen LogP contribution in [-0.4, -0.2) is 11.9 Å². The van der Waals surface area contributed by atoms with E-state index in [1.807, 2.05) is 13.0 Å². The first-order valence-corrected chi connectivity index (χ1v) is 5.13. The van der Waals surface area contributed by atoms with Gasteiger partial charge in [-0.05, 0) is 19.3 Å². The molecule has 3 nitrogen and oxygen atoms in total. The zero-order valence-corrected chi connectivity index (χ0v) is 8.49. The highest BCUT2D eigenvalue weighted by Crippen LogP contribution is 2.11. The van der Waals surface area contributed by atoms with E-state index in [2.05, 4.69) is 17.5 Å². The molecule has 0 aliphatic heterocycles. The number of carbonyl (C=O) groups is 1. The molecule has 1 unspecified atom stereocenters. The molecule has 0 aromatic heterocycles. The second-order valence-corrected chi connectivity index (χ2v) is 3.62. The van der Waals surface area contributed by atoms with Crippen LogP contribution in [0.3, 0.4) is 0 Å². The predicted molar refractivity (Wildman–Crippen MR) is 54.3 cm³/mol. The molecule has 1 aliphatic rings. The lowest BCUT2D eigenvalue weighted by Crippen LogP contribution is -2.37. The van der Waals surface area contributed by atoms with E-state index in [9.17, 15) is 4.79 Å². The van der Waals surface area contributed by atoms with Gasteiger partial charge in [0.1, 0.15) is 5.92 Å². The van der Waals surface area contributed by atoms with Gasteiger partial charge in [0.15, 0.2) is 0 Å². The van der Waals surface area contributed by atoms with Crippen LogP contribution in [0.2, 0.25) is 0 Å². The standard InChI is InChI=1S/C11H16N2O/c1-2-5-9(8-12)11(14)13-10-6-3-4-7-10/h3-4,9-10H,2,5-7H2,1H3,(H,13,14). The molecule has 1 N–H and O–H groups in total. The van der Waals surface area contributed by atoms with Gasteiger partial charge >= 0.3 is 0 Å². The third-order valence-electron chi connectivity index (χ3n) is 2.40. The van der Waals surface area contributed by atoms with Gasteiger partial charge in [0.25, 0.3) is 0 Å². The van der Waals surface area contributed by atoms with E-state index in [1.165, 1.54) is 0 Å². The molecule has 1 aliphatic carbocycles. The van der Waals surface area contributed by atoms with Crippen LogP contribution in [0.5, 0.6) is 0 Å². The summed E-state index contributed by atoms with van der Waals surface area (Å²) >= 11 is 0. The number of rotatable bonds is 4. The lowest BCUT2D eigenvalue weighted by molar-refractivity contribution is -0.124. The second-order valence-electron chi connectivity index (χ2n) is 3.62. The van der Waals surface area contributed by atoms with Gasteiger partial charge in [-0.1, -0.05) is 25.5 Å². The maximum atomic E-state index is 11.6. The zero-order valence-electron chi connectivity index (χ0n) is 8.49. The number of hydrogen-bond acceptors (Lipinski definition) is 2. The van der Waals surface area contributed by atoms with Crippen molar-refractivity contribution < 1.29 is 4.79 Å². The van der Waals surface area contributed by atoms with Gasteiger partial charge in [-0.2, -0.15) is 5.26 Å². The van der Waals surface area contributed by atoms with Gasteiger partial charge in [-0.3, -0.25) is 4.79 Å². The summed E-state index contributed by atoms with van der Waals surface area (Å²) in [7, 11) is 0. The van der Waals surface area contributed by atoms with E-state index in [0.29, 0.717) is 6.42 Å². The normalized spacial score (nSPS) is 17.7. The third kappa shape index (κ3) is 2.88. The fourth-order valence-electron chi connectivity index (χ4n) is 1.58. The van der Waals surface area contributed by atoms with Crippen molar-refractivity contribution >= 4 is 5.91 Å². The minimum absolute atomic E-state index is 0.108. The molecule has 1 amide bonds. The molecule has 0 bridgehead atoms. The van der Waals surface area contributed by atoms with E-state index in [4.69, 9.17) is 5.26 Å². The Hall–Kier alpha value is -1.30. The highest BCUT2D eigenvalue weighted by molar-refractivity contribution is 5.81. The summed E-state index contributed by atoms with van der Waals surface area (Å²) in [6, 6.07) is 2.26. The second kappa shape index (κ2) is 5.43. The Morgan fingerprint density at radius 1 is 1.64 bits per heavy atom. The molecule has 3 heteroatoms. The SMILES string of the molecule is CCCC(C#N)C(=O)NC1CC=CC1. The molecule has 0 saturated carbocycles. The molecule has 0 fully saturated rings. The van der Waals surface area contributed by atoms with Crippen LogP contribution in [0.4, 0.5) is 0 Å². The van der Waals surface area contributed by atoms with Crippen LogP contribution < -0.4 is 5.32 Å². The molecular weight excluding hydrogens is 176 g/mol. The van der Waals surface area contributed by atoms with Crippen LogP contribution in [-0.2, 0) is 4.79 Å². The Morgan fingerprint density at radius 3 is 2.79 bits per heavy atom. The van der Waals surface area contributed by atoms with E-state index < -0.39 is 5.92 Å². The van der Waals surface area contributed by atoms with Crippen molar-refractivity contribution in [1.29, 1.82) is 5.26 Å². The first-order valence-electron chi connectivity index (χ1n) is 5.13.